The van der Waals surface area contributed by atoms with Crippen molar-refractivity contribution in [2.75, 3.05) is 12.4 Å². The van der Waals surface area contributed by atoms with E-state index in [9.17, 15) is 8.42 Å². The first kappa shape index (κ1) is 15.5. The van der Waals surface area contributed by atoms with Crippen LogP contribution in [0.1, 0.15) is 22.8 Å². The number of hydrogen-bond donors (Lipinski definition) is 2. The number of sulfonamides is 1. The van der Waals surface area contributed by atoms with E-state index in [-0.39, 0.29) is 11.4 Å². The summed E-state index contributed by atoms with van der Waals surface area (Å²) in [5.41, 5.74) is 2.23. The summed E-state index contributed by atoms with van der Waals surface area (Å²) in [5, 5.41) is 6.66. The Hall–Kier alpha value is -1.93. The maximum Gasteiger partial charge on any atom is 0.241 e. The monoisotopic (exact) mass is 310 g/mol. The average molecular weight is 310 g/mol. The summed E-state index contributed by atoms with van der Waals surface area (Å²) in [5.74, 6) is 0.702. The summed E-state index contributed by atoms with van der Waals surface area (Å²) in [7, 11) is -1.84. The maximum absolute atomic E-state index is 12.4. The van der Waals surface area contributed by atoms with Gasteiger partial charge in [-0.05, 0) is 37.1 Å². The summed E-state index contributed by atoms with van der Waals surface area (Å²) in [4.78, 5) is 4.24. The predicted molar refractivity (Wildman–Crippen MR) is 78.5 cm³/mol. The first-order valence-corrected chi connectivity index (χ1v) is 7.89. The van der Waals surface area contributed by atoms with E-state index in [0.29, 0.717) is 22.8 Å². The molecule has 2 rings (SSSR count). The van der Waals surface area contributed by atoms with Crippen LogP contribution in [-0.4, -0.2) is 25.6 Å². The van der Waals surface area contributed by atoms with Crippen molar-refractivity contribution in [2.24, 2.45) is 0 Å². The Morgan fingerprint density at radius 2 is 1.81 bits per heavy atom. The van der Waals surface area contributed by atoms with E-state index in [1.54, 1.807) is 40.0 Å². The highest BCUT2D eigenvalue weighted by molar-refractivity contribution is 7.89. The van der Waals surface area contributed by atoms with E-state index in [2.05, 4.69) is 20.2 Å². The molecule has 2 aromatic rings. The Bertz CT molecular complexity index is 730. The van der Waals surface area contributed by atoms with Crippen LogP contribution in [0.15, 0.2) is 21.6 Å². The number of hydrogen-bond acceptors (Lipinski definition) is 6. The van der Waals surface area contributed by atoms with E-state index < -0.39 is 10.0 Å². The number of rotatable bonds is 5. The summed E-state index contributed by atoms with van der Waals surface area (Å²) in [6, 6.07) is 3.58. The average Bonchev–Trinajstić information content (AvgIpc) is 2.81. The normalized spacial score (nSPS) is 11.6. The second-order valence-corrected chi connectivity index (χ2v) is 6.45. The first-order chi connectivity index (χ1) is 9.83. The number of aromatic nitrogens is 2. The summed E-state index contributed by atoms with van der Waals surface area (Å²) < 4.78 is 32.2. The van der Waals surface area contributed by atoms with Crippen molar-refractivity contribution >= 4 is 15.7 Å². The fourth-order valence-electron chi connectivity index (χ4n) is 2.16. The van der Waals surface area contributed by atoms with Crippen molar-refractivity contribution in [3.8, 4) is 0 Å². The molecule has 0 radical (unpaired) electrons. The molecule has 21 heavy (non-hydrogen) atoms. The highest BCUT2D eigenvalue weighted by Crippen LogP contribution is 2.24. The van der Waals surface area contributed by atoms with Gasteiger partial charge in [-0.15, -0.1) is 0 Å². The number of anilines is 1. The molecule has 1 aromatic carbocycles. The standard InChI is InChI=1S/C13H18N4O3S/c1-8-5-11(14-4)6-9(2)13(8)21(18,19)15-7-12-16-10(3)20-17-12/h5-6,14-15H,7H2,1-4H3. The predicted octanol–water partition coefficient (Wildman–Crippen LogP) is 1.52. The second-order valence-electron chi connectivity index (χ2n) is 4.74. The van der Waals surface area contributed by atoms with Gasteiger partial charge in [0.25, 0.3) is 0 Å². The van der Waals surface area contributed by atoms with E-state index in [1.807, 2.05) is 0 Å². The van der Waals surface area contributed by atoms with Gasteiger partial charge < -0.3 is 9.84 Å². The molecule has 0 amide bonds. The maximum atomic E-state index is 12.4. The van der Waals surface area contributed by atoms with Crippen LogP contribution < -0.4 is 10.0 Å². The Labute approximate surface area is 123 Å². The van der Waals surface area contributed by atoms with Gasteiger partial charge in [0.1, 0.15) is 0 Å². The minimum atomic E-state index is -3.63. The van der Waals surface area contributed by atoms with Gasteiger partial charge in [0, 0.05) is 19.7 Å². The highest BCUT2D eigenvalue weighted by atomic mass is 32.2. The molecule has 2 N–H and O–H groups in total. The molecule has 0 bridgehead atoms. The van der Waals surface area contributed by atoms with Crippen LogP contribution in [0.4, 0.5) is 5.69 Å². The molecule has 8 heteroatoms. The molecular weight excluding hydrogens is 292 g/mol. The lowest BCUT2D eigenvalue weighted by Crippen LogP contribution is -2.25. The van der Waals surface area contributed by atoms with Crippen molar-refractivity contribution in [2.45, 2.75) is 32.2 Å². The summed E-state index contributed by atoms with van der Waals surface area (Å²) in [6.45, 7) is 5.17. The third-order valence-corrected chi connectivity index (χ3v) is 4.71. The smallest absolute Gasteiger partial charge is 0.241 e. The minimum Gasteiger partial charge on any atom is -0.388 e. The molecule has 0 saturated carbocycles. The zero-order valence-corrected chi connectivity index (χ0v) is 13.2. The molecular formula is C13H18N4O3S. The molecule has 0 aliphatic rings. The highest BCUT2D eigenvalue weighted by Gasteiger charge is 2.20. The van der Waals surface area contributed by atoms with Crippen LogP contribution in [0.5, 0.6) is 0 Å². The van der Waals surface area contributed by atoms with Gasteiger partial charge in [-0.2, -0.15) is 4.98 Å². The van der Waals surface area contributed by atoms with Gasteiger partial charge in [0.2, 0.25) is 15.9 Å². The number of benzene rings is 1. The third-order valence-electron chi connectivity index (χ3n) is 3.01. The van der Waals surface area contributed by atoms with Crippen molar-refractivity contribution in [3.63, 3.8) is 0 Å². The Morgan fingerprint density at radius 1 is 1.19 bits per heavy atom. The fraction of sp³-hybridized carbons (Fsp3) is 0.385. The Balaban J connectivity index is 2.27. The van der Waals surface area contributed by atoms with Crippen molar-refractivity contribution in [3.05, 3.63) is 35.0 Å². The number of aryl methyl sites for hydroxylation is 3. The quantitative estimate of drug-likeness (QED) is 0.869. The van der Waals surface area contributed by atoms with Crippen molar-refractivity contribution in [1.82, 2.24) is 14.9 Å². The van der Waals surface area contributed by atoms with Gasteiger partial charge in [0.15, 0.2) is 5.82 Å². The van der Waals surface area contributed by atoms with Gasteiger partial charge in [-0.3, -0.25) is 0 Å². The fourth-order valence-corrected chi connectivity index (χ4v) is 3.59. The van der Waals surface area contributed by atoms with Crippen LogP contribution in [0.25, 0.3) is 0 Å². The first-order valence-electron chi connectivity index (χ1n) is 6.41. The van der Waals surface area contributed by atoms with E-state index in [4.69, 9.17) is 4.52 Å². The Morgan fingerprint density at radius 3 is 2.29 bits per heavy atom. The molecule has 1 aromatic heterocycles. The molecule has 0 atom stereocenters. The van der Waals surface area contributed by atoms with Gasteiger partial charge in [-0.25, -0.2) is 13.1 Å². The topological polar surface area (TPSA) is 97.1 Å². The van der Waals surface area contributed by atoms with Crippen LogP contribution in [0, 0.1) is 20.8 Å². The van der Waals surface area contributed by atoms with Crippen LogP contribution in [0.2, 0.25) is 0 Å². The number of nitrogens with one attached hydrogen (secondary N) is 2. The van der Waals surface area contributed by atoms with E-state index >= 15 is 0 Å². The molecule has 0 spiro atoms. The molecule has 0 unspecified atom stereocenters. The largest absolute Gasteiger partial charge is 0.388 e. The summed E-state index contributed by atoms with van der Waals surface area (Å²) in [6.07, 6.45) is 0. The molecule has 0 aliphatic carbocycles. The molecule has 0 saturated heterocycles. The zero-order chi connectivity index (χ0) is 15.6. The molecule has 114 valence electrons. The molecule has 1 heterocycles. The van der Waals surface area contributed by atoms with E-state index in [0.717, 1.165) is 5.69 Å². The lowest BCUT2D eigenvalue weighted by atomic mass is 10.1. The molecule has 0 aliphatic heterocycles. The van der Waals surface area contributed by atoms with Crippen LogP contribution >= 0.6 is 0 Å². The molecule has 0 fully saturated rings. The number of nitrogens with zero attached hydrogens (tertiary/aromatic N) is 2. The van der Waals surface area contributed by atoms with Crippen molar-refractivity contribution in [1.29, 1.82) is 0 Å². The minimum absolute atomic E-state index is 0.00761. The second kappa shape index (κ2) is 5.82. The van der Waals surface area contributed by atoms with Gasteiger partial charge >= 0.3 is 0 Å². The van der Waals surface area contributed by atoms with Crippen molar-refractivity contribution < 1.29 is 12.9 Å². The zero-order valence-electron chi connectivity index (χ0n) is 12.4. The lowest BCUT2D eigenvalue weighted by molar-refractivity contribution is 0.387. The van der Waals surface area contributed by atoms with Crippen LogP contribution in [0.3, 0.4) is 0 Å². The summed E-state index contributed by atoms with van der Waals surface area (Å²) >= 11 is 0. The van der Waals surface area contributed by atoms with E-state index in [1.165, 1.54) is 0 Å². The molecule has 7 nitrogen and oxygen atoms in total. The SMILES string of the molecule is CNc1cc(C)c(S(=O)(=O)NCc2noc(C)n2)c(C)c1. The lowest BCUT2D eigenvalue weighted by Gasteiger charge is -2.13. The van der Waals surface area contributed by atoms with Gasteiger partial charge in [0.05, 0.1) is 11.4 Å². The van der Waals surface area contributed by atoms with Crippen LogP contribution in [-0.2, 0) is 16.6 Å². The Kier molecular flexibility index (Phi) is 4.29. The van der Waals surface area contributed by atoms with Gasteiger partial charge in [-0.1, -0.05) is 5.16 Å². The third kappa shape index (κ3) is 3.40.